The number of esters is 1. The number of carbonyl (C=O) groups is 2. The fraction of sp³-hybridized carbons (Fsp3) is 0.353. The summed E-state index contributed by atoms with van der Waals surface area (Å²) in [4.78, 5) is 48.2. The van der Waals surface area contributed by atoms with E-state index in [1.807, 2.05) is 52.9 Å². The SMILES string of the molecule is CCCC1=C(C(=O)OCC)[C@H](c2cc(Cl)ccc2OC)n2c(s/c(=C\c3cn(CC(=O)N4CCOCC4)c4ccccc34)c2=O)=N1. The van der Waals surface area contributed by atoms with Crippen molar-refractivity contribution in [2.24, 2.45) is 4.99 Å². The molecule has 0 unspecified atom stereocenters. The molecule has 1 atom stereocenters. The largest absolute Gasteiger partial charge is 0.496 e. The Labute approximate surface area is 274 Å². The van der Waals surface area contributed by atoms with Gasteiger partial charge in [-0.2, -0.15) is 0 Å². The van der Waals surface area contributed by atoms with Crippen LogP contribution in [0.4, 0.5) is 0 Å². The number of ether oxygens (including phenoxy) is 3. The average molecular weight is 663 g/mol. The van der Waals surface area contributed by atoms with Crippen molar-refractivity contribution in [1.82, 2.24) is 14.0 Å². The summed E-state index contributed by atoms with van der Waals surface area (Å²) in [5.41, 5.74) is 2.80. The Bertz CT molecular complexity index is 2020. The molecule has 240 valence electrons. The van der Waals surface area contributed by atoms with E-state index in [0.29, 0.717) is 69.7 Å². The second-order valence-electron chi connectivity index (χ2n) is 11.0. The predicted octanol–water partition coefficient (Wildman–Crippen LogP) is 4.05. The molecule has 6 rings (SSSR count). The van der Waals surface area contributed by atoms with Crippen molar-refractivity contribution in [2.45, 2.75) is 39.3 Å². The summed E-state index contributed by atoms with van der Waals surface area (Å²) < 4.78 is 20.5. The molecule has 10 nitrogen and oxygen atoms in total. The van der Waals surface area contributed by atoms with E-state index in [9.17, 15) is 14.4 Å². The van der Waals surface area contributed by atoms with Crippen LogP contribution in [0.2, 0.25) is 5.02 Å². The first-order valence-electron chi connectivity index (χ1n) is 15.3. The lowest BCUT2D eigenvalue weighted by molar-refractivity contribution is -0.139. The summed E-state index contributed by atoms with van der Waals surface area (Å²) in [6.07, 6.45) is 4.99. The van der Waals surface area contributed by atoms with Gasteiger partial charge in [0, 0.05) is 46.3 Å². The lowest BCUT2D eigenvalue weighted by Gasteiger charge is -2.27. The van der Waals surface area contributed by atoms with Gasteiger partial charge in [0.25, 0.3) is 5.56 Å². The molecular weight excluding hydrogens is 628 g/mol. The van der Waals surface area contributed by atoms with Crippen molar-refractivity contribution in [3.63, 3.8) is 0 Å². The van der Waals surface area contributed by atoms with E-state index in [2.05, 4.69) is 0 Å². The monoisotopic (exact) mass is 662 g/mol. The molecule has 1 amide bonds. The lowest BCUT2D eigenvalue weighted by Crippen LogP contribution is -2.42. The molecule has 0 aliphatic carbocycles. The third kappa shape index (κ3) is 6.02. The normalized spacial score (nSPS) is 16.8. The second kappa shape index (κ2) is 13.7. The number of benzene rings is 2. The third-order valence-electron chi connectivity index (χ3n) is 8.15. The zero-order valence-corrected chi connectivity index (χ0v) is 27.5. The number of allylic oxidation sites excluding steroid dienone is 1. The summed E-state index contributed by atoms with van der Waals surface area (Å²) >= 11 is 7.72. The molecule has 0 saturated carbocycles. The smallest absolute Gasteiger partial charge is 0.338 e. The van der Waals surface area contributed by atoms with Crippen LogP contribution in [0.15, 0.2) is 69.7 Å². The molecule has 2 aliphatic rings. The van der Waals surface area contributed by atoms with Crippen LogP contribution >= 0.6 is 22.9 Å². The maximum absolute atomic E-state index is 14.4. The first-order chi connectivity index (χ1) is 22.3. The number of hydrogen-bond acceptors (Lipinski definition) is 8. The lowest BCUT2D eigenvalue weighted by atomic mass is 9.93. The number of nitrogens with zero attached hydrogens (tertiary/aromatic N) is 4. The van der Waals surface area contributed by atoms with Crippen molar-refractivity contribution < 1.29 is 23.8 Å². The zero-order chi connectivity index (χ0) is 32.4. The molecular formula is C34H35ClN4O6S. The standard InChI is InChI=1S/C34H35ClN4O6S/c1-4-8-25-30(33(42)45-5-2)31(24-18-22(35)11-12-27(24)43-3)39-32(41)28(46-34(39)36-25)17-21-19-38(26-10-7-6-9-23(21)26)20-29(40)37-13-15-44-16-14-37/h6-7,9-12,17-19,31H,4-5,8,13-16,20H2,1-3H3/b28-17-/t31-/m0/s1. The molecule has 4 heterocycles. The molecule has 1 fully saturated rings. The average Bonchev–Trinajstić information content (AvgIpc) is 3.57. The van der Waals surface area contributed by atoms with Gasteiger partial charge in [0.2, 0.25) is 5.91 Å². The van der Waals surface area contributed by atoms with E-state index in [1.54, 1.807) is 25.1 Å². The Balaban J connectivity index is 1.52. The van der Waals surface area contributed by atoms with E-state index in [-0.39, 0.29) is 24.6 Å². The van der Waals surface area contributed by atoms with E-state index in [4.69, 9.17) is 30.8 Å². The van der Waals surface area contributed by atoms with Crippen LogP contribution in [0.1, 0.15) is 43.9 Å². The highest BCUT2D eigenvalue weighted by Gasteiger charge is 2.36. The Morgan fingerprint density at radius 1 is 1.15 bits per heavy atom. The van der Waals surface area contributed by atoms with Gasteiger partial charge in [-0.25, -0.2) is 9.79 Å². The summed E-state index contributed by atoms with van der Waals surface area (Å²) in [6, 6.07) is 12.1. The minimum absolute atomic E-state index is 0.0143. The molecule has 12 heteroatoms. The topological polar surface area (TPSA) is 104 Å². The molecule has 0 radical (unpaired) electrons. The molecule has 2 aliphatic heterocycles. The summed E-state index contributed by atoms with van der Waals surface area (Å²) in [7, 11) is 1.54. The van der Waals surface area contributed by atoms with Gasteiger partial charge in [-0.1, -0.05) is 54.5 Å². The quantitative estimate of drug-likeness (QED) is 0.251. The van der Waals surface area contributed by atoms with Crippen LogP contribution in [0.5, 0.6) is 5.75 Å². The van der Waals surface area contributed by atoms with Crippen molar-refractivity contribution >= 4 is 51.8 Å². The Hall–Kier alpha value is -4.19. The van der Waals surface area contributed by atoms with Crippen molar-refractivity contribution in [1.29, 1.82) is 0 Å². The van der Waals surface area contributed by atoms with E-state index < -0.39 is 12.0 Å². The Kier molecular flexibility index (Phi) is 9.44. The van der Waals surface area contributed by atoms with Crippen LogP contribution < -0.4 is 19.6 Å². The van der Waals surface area contributed by atoms with Gasteiger partial charge in [0.05, 0.1) is 42.7 Å². The molecule has 0 bridgehead atoms. The van der Waals surface area contributed by atoms with Crippen molar-refractivity contribution in [3.05, 3.63) is 95.8 Å². The van der Waals surface area contributed by atoms with Gasteiger partial charge in [0.1, 0.15) is 18.3 Å². The number of methoxy groups -OCH3 is 1. The van der Waals surface area contributed by atoms with Gasteiger partial charge in [-0.05, 0) is 43.7 Å². The van der Waals surface area contributed by atoms with Gasteiger partial charge in [-0.3, -0.25) is 14.2 Å². The van der Waals surface area contributed by atoms with Crippen LogP contribution in [-0.4, -0.2) is 65.9 Å². The first-order valence-corrected chi connectivity index (χ1v) is 16.5. The fourth-order valence-corrected chi connectivity index (χ4v) is 7.25. The number of carbonyl (C=O) groups excluding carboxylic acids is 2. The van der Waals surface area contributed by atoms with Gasteiger partial charge < -0.3 is 23.7 Å². The highest BCUT2D eigenvalue weighted by Crippen LogP contribution is 2.38. The minimum Gasteiger partial charge on any atom is -0.496 e. The van der Waals surface area contributed by atoms with Crippen LogP contribution in [0.3, 0.4) is 0 Å². The number of aromatic nitrogens is 2. The van der Waals surface area contributed by atoms with Crippen molar-refractivity contribution in [3.8, 4) is 5.75 Å². The zero-order valence-electron chi connectivity index (χ0n) is 26.0. The number of halogens is 1. The minimum atomic E-state index is -0.861. The maximum Gasteiger partial charge on any atom is 0.338 e. The maximum atomic E-state index is 14.4. The van der Waals surface area contributed by atoms with Gasteiger partial charge >= 0.3 is 5.97 Å². The summed E-state index contributed by atoms with van der Waals surface area (Å²) in [5, 5.41) is 1.35. The number of para-hydroxylation sites is 1. The van der Waals surface area contributed by atoms with Gasteiger partial charge in [-0.15, -0.1) is 0 Å². The number of thiazole rings is 1. The number of morpholine rings is 1. The van der Waals surface area contributed by atoms with Crippen molar-refractivity contribution in [2.75, 3.05) is 40.0 Å². The number of fused-ring (bicyclic) bond motifs is 2. The molecule has 46 heavy (non-hydrogen) atoms. The highest BCUT2D eigenvalue weighted by atomic mass is 35.5. The molecule has 4 aromatic rings. The summed E-state index contributed by atoms with van der Waals surface area (Å²) in [6.45, 7) is 6.30. The predicted molar refractivity (Wildman–Crippen MR) is 177 cm³/mol. The number of hydrogen-bond donors (Lipinski definition) is 0. The van der Waals surface area contributed by atoms with Crippen LogP contribution in [-0.2, 0) is 25.6 Å². The fourth-order valence-electron chi connectivity index (χ4n) is 6.05. The Morgan fingerprint density at radius 3 is 2.67 bits per heavy atom. The molecule has 2 aromatic heterocycles. The number of rotatable bonds is 9. The first kappa shape index (κ1) is 31.8. The van der Waals surface area contributed by atoms with E-state index in [0.717, 1.165) is 22.9 Å². The van der Waals surface area contributed by atoms with E-state index >= 15 is 0 Å². The highest BCUT2D eigenvalue weighted by molar-refractivity contribution is 7.07. The molecule has 0 spiro atoms. The van der Waals surface area contributed by atoms with Crippen LogP contribution in [0, 0.1) is 0 Å². The number of amides is 1. The Morgan fingerprint density at radius 2 is 1.93 bits per heavy atom. The third-order valence-corrected chi connectivity index (χ3v) is 9.37. The van der Waals surface area contributed by atoms with E-state index in [1.165, 1.54) is 23.0 Å². The molecule has 2 aromatic carbocycles. The van der Waals surface area contributed by atoms with Gasteiger partial charge in [0.15, 0.2) is 4.80 Å². The molecule has 1 saturated heterocycles. The van der Waals surface area contributed by atoms with Crippen LogP contribution in [0.25, 0.3) is 17.0 Å². The molecule has 0 N–H and O–H groups in total. The summed E-state index contributed by atoms with van der Waals surface area (Å²) in [5.74, 6) is -0.0408. The second-order valence-corrected chi connectivity index (χ2v) is 12.5.